The molecule has 4 nitrogen and oxygen atoms in total. The third-order valence-electron chi connectivity index (χ3n) is 3.41. The van der Waals surface area contributed by atoms with Crippen LogP contribution in [0.25, 0.3) is 10.9 Å². The van der Waals surface area contributed by atoms with Crippen LogP contribution in [-0.2, 0) is 11.3 Å². The lowest BCUT2D eigenvalue weighted by atomic mass is 10.2. The van der Waals surface area contributed by atoms with Crippen molar-refractivity contribution < 1.29 is 9.59 Å². The molecule has 22 heavy (non-hydrogen) atoms. The molecule has 1 amide bonds. The van der Waals surface area contributed by atoms with Gasteiger partial charge in [-0.15, -0.1) is 0 Å². The summed E-state index contributed by atoms with van der Waals surface area (Å²) in [5.74, 6) is -0.202. The number of carbonyl (C=O) groups excluding carboxylic acids is 2. The first kappa shape index (κ1) is 14.4. The topological polar surface area (TPSA) is 51.1 Å². The van der Waals surface area contributed by atoms with Gasteiger partial charge in [0, 0.05) is 22.7 Å². The zero-order chi connectivity index (χ0) is 15.5. The quantitative estimate of drug-likeness (QED) is 0.746. The lowest BCUT2D eigenvalue weighted by Crippen LogP contribution is -2.18. The van der Waals surface area contributed by atoms with Gasteiger partial charge in [-0.1, -0.05) is 41.9 Å². The zero-order valence-electron chi connectivity index (χ0n) is 11.6. The lowest BCUT2D eigenvalue weighted by molar-refractivity contribution is -0.116. The molecular weight excluding hydrogens is 300 g/mol. The number of nitrogens with one attached hydrogen (secondary N) is 1. The Hall–Kier alpha value is -2.59. The second-order valence-corrected chi connectivity index (χ2v) is 5.28. The number of rotatable bonds is 4. The minimum Gasteiger partial charge on any atom is -0.337 e. The third kappa shape index (κ3) is 2.73. The average Bonchev–Trinajstić information content (AvgIpc) is 2.88. The maximum absolute atomic E-state index is 12.2. The van der Waals surface area contributed by atoms with E-state index in [-0.39, 0.29) is 12.5 Å². The molecule has 0 aliphatic heterocycles. The highest BCUT2D eigenvalue weighted by atomic mass is 35.5. The van der Waals surface area contributed by atoms with Crippen LogP contribution in [0.4, 0.5) is 5.69 Å². The first-order valence-corrected chi connectivity index (χ1v) is 7.14. The van der Waals surface area contributed by atoms with Gasteiger partial charge in [0.25, 0.3) is 0 Å². The standard InChI is InChI=1S/C17H13ClN2O2/c18-14-6-2-3-7-15(14)19-17(22)10-20-9-12(11-21)13-5-1-4-8-16(13)20/h1-9,11H,10H2,(H,19,22). The summed E-state index contributed by atoms with van der Waals surface area (Å²) < 4.78 is 1.76. The Morgan fingerprint density at radius 1 is 1.14 bits per heavy atom. The van der Waals surface area contributed by atoms with Crippen LogP contribution in [0.2, 0.25) is 5.02 Å². The van der Waals surface area contributed by atoms with Crippen molar-refractivity contribution in [3.05, 3.63) is 65.3 Å². The molecular formula is C17H13ClN2O2. The van der Waals surface area contributed by atoms with Crippen LogP contribution in [0.5, 0.6) is 0 Å². The van der Waals surface area contributed by atoms with E-state index in [0.29, 0.717) is 16.3 Å². The molecule has 0 radical (unpaired) electrons. The van der Waals surface area contributed by atoms with E-state index in [1.807, 2.05) is 24.3 Å². The second-order valence-electron chi connectivity index (χ2n) is 4.88. The molecule has 0 saturated heterocycles. The van der Waals surface area contributed by atoms with Gasteiger partial charge in [0.05, 0.1) is 10.7 Å². The Kier molecular flexibility index (Phi) is 3.94. The number of fused-ring (bicyclic) bond motifs is 1. The first-order valence-electron chi connectivity index (χ1n) is 6.76. The number of benzene rings is 2. The summed E-state index contributed by atoms with van der Waals surface area (Å²) in [5.41, 5.74) is 1.99. The minimum atomic E-state index is -0.202. The van der Waals surface area contributed by atoms with Crippen molar-refractivity contribution in [1.29, 1.82) is 0 Å². The van der Waals surface area contributed by atoms with Crippen LogP contribution < -0.4 is 5.32 Å². The zero-order valence-corrected chi connectivity index (χ0v) is 12.4. The number of aldehydes is 1. The fourth-order valence-corrected chi connectivity index (χ4v) is 2.59. The maximum atomic E-state index is 12.2. The van der Waals surface area contributed by atoms with E-state index in [2.05, 4.69) is 5.32 Å². The third-order valence-corrected chi connectivity index (χ3v) is 3.74. The predicted octanol–water partition coefficient (Wildman–Crippen LogP) is 3.75. The molecule has 1 heterocycles. The summed E-state index contributed by atoms with van der Waals surface area (Å²) in [6.45, 7) is 0.111. The molecule has 0 aliphatic carbocycles. The summed E-state index contributed by atoms with van der Waals surface area (Å²) in [7, 11) is 0. The van der Waals surface area contributed by atoms with E-state index >= 15 is 0 Å². The van der Waals surface area contributed by atoms with Crippen molar-refractivity contribution in [3.8, 4) is 0 Å². The Morgan fingerprint density at radius 3 is 2.64 bits per heavy atom. The van der Waals surface area contributed by atoms with E-state index in [9.17, 15) is 9.59 Å². The predicted molar refractivity (Wildman–Crippen MR) is 87.4 cm³/mol. The van der Waals surface area contributed by atoms with Gasteiger partial charge in [-0.25, -0.2) is 0 Å². The van der Waals surface area contributed by atoms with Gasteiger partial charge < -0.3 is 9.88 Å². The molecule has 0 unspecified atom stereocenters. The van der Waals surface area contributed by atoms with Gasteiger partial charge in [0.15, 0.2) is 6.29 Å². The van der Waals surface area contributed by atoms with Gasteiger partial charge in [-0.05, 0) is 18.2 Å². The molecule has 110 valence electrons. The summed E-state index contributed by atoms with van der Waals surface area (Å²) in [6, 6.07) is 14.5. The molecule has 0 atom stereocenters. The molecule has 3 aromatic rings. The van der Waals surface area contributed by atoms with Gasteiger partial charge in [0.2, 0.25) is 5.91 Å². The largest absolute Gasteiger partial charge is 0.337 e. The molecule has 0 saturated carbocycles. The molecule has 3 rings (SSSR count). The molecule has 2 aromatic carbocycles. The van der Waals surface area contributed by atoms with E-state index in [1.165, 1.54) is 0 Å². The fraction of sp³-hybridized carbons (Fsp3) is 0.0588. The van der Waals surface area contributed by atoms with E-state index in [4.69, 9.17) is 11.6 Å². The second kappa shape index (κ2) is 6.03. The van der Waals surface area contributed by atoms with Gasteiger partial charge in [0.1, 0.15) is 6.54 Å². The number of amides is 1. The van der Waals surface area contributed by atoms with Crippen LogP contribution in [0, 0.1) is 0 Å². The van der Waals surface area contributed by atoms with Crippen LogP contribution in [0.15, 0.2) is 54.7 Å². The molecule has 1 N–H and O–H groups in total. The van der Waals surface area contributed by atoms with Crippen molar-refractivity contribution in [2.75, 3.05) is 5.32 Å². The number of carbonyl (C=O) groups is 2. The van der Waals surface area contributed by atoms with Gasteiger partial charge in [-0.2, -0.15) is 0 Å². The summed E-state index contributed by atoms with van der Waals surface area (Å²) >= 11 is 6.03. The summed E-state index contributed by atoms with van der Waals surface area (Å²) in [5, 5.41) is 4.09. The monoisotopic (exact) mass is 312 g/mol. The van der Waals surface area contributed by atoms with Crippen LogP contribution >= 0.6 is 11.6 Å². The molecule has 0 bridgehead atoms. The Morgan fingerprint density at radius 2 is 1.86 bits per heavy atom. The van der Waals surface area contributed by atoms with Gasteiger partial charge in [-0.3, -0.25) is 9.59 Å². The SMILES string of the molecule is O=Cc1cn(CC(=O)Nc2ccccc2Cl)c2ccccc12. The van der Waals surface area contributed by atoms with Crippen molar-refractivity contribution in [2.45, 2.75) is 6.54 Å². The number of hydrogen-bond acceptors (Lipinski definition) is 2. The smallest absolute Gasteiger partial charge is 0.244 e. The number of hydrogen-bond donors (Lipinski definition) is 1. The lowest BCUT2D eigenvalue weighted by Gasteiger charge is -2.08. The number of nitrogens with zero attached hydrogens (tertiary/aromatic N) is 1. The molecule has 1 aromatic heterocycles. The fourth-order valence-electron chi connectivity index (χ4n) is 2.41. The summed E-state index contributed by atoms with van der Waals surface area (Å²) in [6.07, 6.45) is 2.48. The van der Waals surface area contributed by atoms with Crippen LogP contribution in [0.3, 0.4) is 0 Å². The Labute approximate surface area is 132 Å². The highest BCUT2D eigenvalue weighted by Crippen LogP contribution is 2.22. The van der Waals surface area contributed by atoms with E-state index < -0.39 is 0 Å². The number of para-hydroxylation sites is 2. The van der Waals surface area contributed by atoms with Crippen molar-refractivity contribution >= 4 is 40.4 Å². The highest BCUT2D eigenvalue weighted by molar-refractivity contribution is 6.33. The van der Waals surface area contributed by atoms with E-state index in [1.54, 1.807) is 35.0 Å². The number of aromatic nitrogens is 1. The average molecular weight is 313 g/mol. The molecule has 5 heteroatoms. The number of anilines is 1. The van der Waals surface area contributed by atoms with E-state index in [0.717, 1.165) is 17.2 Å². The van der Waals surface area contributed by atoms with Crippen molar-refractivity contribution in [1.82, 2.24) is 4.57 Å². The van der Waals surface area contributed by atoms with Crippen LogP contribution in [0.1, 0.15) is 10.4 Å². The molecule has 0 spiro atoms. The molecule has 0 aliphatic rings. The Bertz CT molecular complexity index is 855. The number of halogens is 1. The Balaban J connectivity index is 1.86. The van der Waals surface area contributed by atoms with Crippen molar-refractivity contribution in [2.24, 2.45) is 0 Å². The normalized spacial score (nSPS) is 10.6. The van der Waals surface area contributed by atoms with Crippen molar-refractivity contribution in [3.63, 3.8) is 0 Å². The van der Waals surface area contributed by atoms with Gasteiger partial charge >= 0.3 is 0 Å². The minimum absolute atomic E-state index is 0.111. The first-order chi connectivity index (χ1) is 10.7. The van der Waals surface area contributed by atoms with Crippen LogP contribution in [-0.4, -0.2) is 16.8 Å². The maximum Gasteiger partial charge on any atom is 0.244 e. The highest BCUT2D eigenvalue weighted by Gasteiger charge is 2.11. The summed E-state index contributed by atoms with van der Waals surface area (Å²) in [4.78, 5) is 23.3. The molecule has 0 fully saturated rings.